The summed E-state index contributed by atoms with van der Waals surface area (Å²) in [6, 6.07) is 31.8. The molecule has 40 heavy (non-hydrogen) atoms. The molecule has 2 N–H and O–H groups in total. The molecule has 0 fully saturated rings. The fourth-order valence-electron chi connectivity index (χ4n) is 5.88. The fourth-order valence-corrected chi connectivity index (χ4v) is 5.88. The van der Waals surface area contributed by atoms with Crippen molar-refractivity contribution in [3.05, 3.63) is 131 Å². The van der Waals surface area contributed by atoms with Crippen molar-refractivity contribution in [1.29, 1.82) is 0 Å². The third kappa shape index (κ3) is 4.62. The Morgan fingerprint density at radius 1 is 0.925 bits per heavy atom. The van der Waals surface area contributed by atoms with Gasteiger partial charge in [0.1, 0.15) is 0 Å². The van der Waals surface area contributed by atoms with E-state index in [4.69, 9.17) is 9.84 Å². The molecule has 2 heterocycles. The molecule has 0 atom stereocenters. The van der Waals surface area contributed by atoms with Gasteiger partial charge in [0, 0.05) is 12.1 Å². The average Bonchev–Trinajstić information content (AvgIpc) is 3.64. The Kier molecular flexibility index (Phi) is 7.29. The summed E-state index contributed by atoms with van der Waals surface area (Å²) in [5, 5.41) is 16.1. The van der Waals surface area contributed by atoms with Gasteiger partial charge in [0.25, 0.3) is 0 Å². The predicted molar refractivity (Wildman–Crippen MR) is 155 cm³/mol. The number of hydrogen-bond donors (Lipinski definition) is 2. The van der Waals surface area contributed by atoms with Gasteiger partial charge in [-0.3, -0.25) is 15.1 Å². The van der Waals surface area contributed by atoms with Gasteiger partial charge in [-0.1, -0.05) is 91.0 Å². The van der Waals surface area contributed by atoms with Crippen LogP contribution < -0.4 is 5.32 Å². The van der Waals surface area contributed by atoms with E-state index < -0.39 is 5.54 Å². The van der Waals surface area contributed by atoms with Crippen molar-refractivity contribution in [3.63, 3.8) is 0 Å². The van der Waals surface area contributed by atoms with Crippen LogP contribution in [0.1, 0.15) is 51.7 Å². The molecular formula is C33H33N5O2. The molecule has 0 aliphatic heterocycles. The zero-order valence-electron chi connectivity index (χ0n) is 22.6. The second kappa shape index (κ2) is 11.3. The van der Waals surface area contributed by atoms with E-state index in [0.717, 1.165) is 48.3 Å². The van der Waals surface area contributed by atoms with Crippen molar-refractivity contribution in [2.45, 2.75) is 38.3 Å². The van der Waals surface area contributed by atoms with Crippen molar-refractivity contribution < 1.29 is 9.53 Å². The number of nitrogens with zero attached hydrogens (tertiary/aromatic N) is 3. The second-order valence-electron chi connectivity index (χ2n) is 10.0. The Bertz CT molecular complexity index is 1480. The van der Waals surface area contributed by atoms with E-state index in [1.165, 1.54) is 16.7 Å². The summed E-state index contributed by atoms with van der Waals surface area (Å²) in [4.78, 5) is 12.8. The molecule has 0 unspecified atom stereocenters. The highest BCUT2D eigenvalue weighted by Crippen LogP contribution is 2.37. The van der Waals surface area contributed by atoms with E-state index in [0.29, 0.717) is 18.8 Å². The third-order valence-electron chi connectivity index (χ3n) is 7.68. The van der Waals surface area contributed by atoms with E-state index in [9.17, 15) is 4.79 Å². The topological polar surface area (TPSA) is 84.8 Å². The zero-order valence-corrected chi connectivity index (χ0v) is 22.6. The van der Waals surface area contributed by atoms with Crippen LogP contribution in [0.5, 0.6) is 0 Å². The minimum Gasteiger partial charge on any atom is -0.461 e. The first-order valence-corrected chi connectivity index (χ1v) is 13.9. The molecule has 0 bridgehead atoms. The van der Waals surface area contributed by atoms with Gasteiger partial charge in [-0.15, -0.1) is 0 Å². The highest BCUT2D eigenvalue weighted by molar-refractivity contribution is 5.91. The smallest absolute Gasteiger partial charge is 0.359 e. The molecule has 202 valence electrons. The average molecular weight is 532 g/mol. The van der Waals surface area contributed by atoms with Gasteiger partial charge in [-0.25, -0.2) is 4.79 Å². The Morgan fingerprint density at radius 3 is 2.10 bits per heavy atom. The molecule has 1 aliphatic rings. The summed E-state index contributed by atoms with van der Waals surface area (Å²) < 4.78 is 7.29. The van der Waals surface area contributed by atoms with Gasteiger partial charge in [-0.2, -0.15) is 10.2 Å². The van der Waals surface area contributed by atoms with Gasteiger partial charge in [0.05, 0.1) is 29.7 Å². The number of hydrogen-bond acceptors (Lipinski definition) is 5. The van der Waals surface area contributed by atoms with Crippen molar-refractivity contribution in [2.24, 2.45) is 0 Å². The third-order valence-corrected chi connectivity index (χ3v) is 7.68. The molecule has 7 nitrogen and oxygen atoms in total. The summed E-state index contributed by atoms with van der Waals surface area (Å²) in [7, 11) is 0. The maximum Gasteiger partial charge on any atom is 0.359 e. The normalized spacial score (nSPS) is 12.5. The van der Waals surface area contributed by atoms with Gasteiger partial charge < -0.3 is 4.74 Å². The molecule has 1 aliphatic carbocycles. The molecule has 5 aromatic rings. The van der Waals surface area contributed by atoms with Crippen LogP contribution in [0.2, 0.25) is 0 Å². The largest absolute Gasteiger partial charge is 0.461 e. The number of aromatic nitrogens is 4. The van der Waals surface area contributed by atoms with Crippen LogP contribution in [0.4, 0.5) is 0 Å². The quantitative estimate of drug-likeness (QED) is 0.141. The molecule has 6 rings (SSSR count). The first kappa shape index (κ1) is 25.8. The van der Waals surface area contributed by atoms with Gasteiger partial charge in [0.15, 0.2) is 5.69 Å². The number of fused-ring (bicyclic) bond motifs is 3. The lowest BCUT2D eigenvalue weighted by Gasteiger charge is -2.37. The molecule has 3 aromatic carbocycles. The highest BCUT2D eigenvalue weighted by Gasteiger charge is 2.36. The summed E-state index contributed by atoms with van der Waals surface area (Å²) in [5.74, 6) is -0.366. The number of esters is 1. The molecule has 0 amide bonds. The van der Waals surface area contributed by atoms with Crippen LogP contribution in [0.15, 0.2) is 97.2 Å². The maximum atomic E-state index is 12.8. The number of nitrogens with one attached hydrogen (secondary N) is 2. The molecular weight excluding hydrogens is 498 g/mol. The predicted octanol–water partition coefficient (Wildman–Crippen LogP) is 5.52. The number of rotatable bonds is 10. The van der Waals surface area contributed by atoms with Crippen molar-refractivity contribution in [3.8, 4) is 11.4 Å². The Morgan fingerprint density at radius 2 is 1.52 bits per heavy atom. The standard InChI is InChI=1S/C33H33N5O2/c1-2-40-32(39)30-28-20-19-24-23-35-36-29(24)31(28)38(37-30)22-12-21-34-33(25-13-6-3-7-14-25,26-15-8-4-9-16-26)27-17-10-5-11-18-27/h3-11,13-18,23,34H,2,12,19-22H2,1H3,(H,35,36). The van der Waals surface area contributed by atoms with Crippen LogP contribution in [0.25, 0.3) is 11.4 Å². The van der Waals surface area contributed by atoms with Gasteiger partial charge in [0.2, 0.25) is 0 Å². The molecule has 7 heteroatoms. The summed E-state index contributed by atoms with van der Waals surface area (Å²) >= 11 is 0. The van der Waals surface area contributed by atoms with Crippen LogP contribution in [0, 0.1) is 0 Å². The van der Waals surface area contributed by atoms with Crippen LogP contribution >= 0.6 is 0 Å². The summed E-state index contributed by atoms with van der Waals surface area (Å²) in [6.45, 7) is 3.50. The zero-order chi connectivity index (χ0) is 27.4. The van der Waals surface area contributed by atoms with Gasteiger partial charge >= 0.3 is 5.97 Å². The first-order valence-electron chi connectivity index (χ1n) is 13.9. The lowest BCUT2D eigenvalue weighted by atomic mass is 9.77. The van der Waals surface area contributed by atoms with Crippen LogP contribution in [0.3, 0.4) is 0 Å². The van der Waals surface area contributed by atoms with Crippen molar-refractivity contribution in [2.75, 3.05) is 13.2 Å². The number of aromatic amines is 1. The monoisotopic (exact) mass is 531 g/mol. The van der Waals surface area contributed by atoms with E-state index in [-0.39, 0.29) is 5.97 Å². The van der Waals surface area contributed by atoms with Gasteiger partial charge in [-0.05, 0) is 55.0 Å². The summed E-state index contributed by atoms with van der Waals surface area (Å²) in [6.07, 6.45) is 4.24. The number of carbonyl (C=O) groups excluding carboxylic acids is 1. The lowest BCUT2D eigenvalue weighted by Crippen LogP contribution is -2.45. The Labute approximate surface area is 234 Å². The van der Waals surface area contributed by atoms with Crippen molar-refractivity contribution >= 4 is 5.97 Å². The van der Waals surface area contributed by atoms with E-state index >= 15 is 0 Å². The Hall–Kier alpha value is -4.49. The first-order chi connectivity index (χ1) is 19.7. The minimum atomic E-state index is -0.528. The molecule has 0 radical (unpaired) electrons. The molecule has 0 saturated carbocycles. The molecule has 0 spiro atoms. The number of benzene rings is 3. The van der Waals surface area contributed by atoms with Crippen molar-refractivity contribution in [1.82, 2.24) is 25.3 Å². The number of carbonyl (C=O) groups is 1. The van der Waals surface area contributed by atoms with Crippen LogP contribution in [-0.4, -0.2) is 39.1 Å². The lowest BCUT2D eigenvalue weighted by molar-refractivity contribution is 0.0517. The highest BCUT2D eigenvalue weighted by atomic mass is 16.5. The molecule has 0 saturated heterocycles. The van der Waals surface area contributed by atoms with E-state index in [1.54, 1.807) is 0 Å². The summed E-state index contributed by atoms with van der Waals surface area (Å²) in [5.41, 5.74) is 7.40. The minimum absolute atomic E-state index is 0.320. The second-order valence-corrected chi connectivity index (χ2v) is 10.0. The van der Waals surface area contributed by atoms with E-state index in [2.05, 4.69) is 107 Å². The van der Waals surface area contributed by atoms with Crippen LogP contribution in [-0.2, 0) is 29.7 Å². The number of ether oxygens (including phenoxy) is 1. The number of H-pyrrole nitrogens is 1. The Balaban J connectivity index is 1.32. The van der Waals surface area contributed by atoms with E-state index in [1.807, 2.05) is 17.8 Å². The SMILES string of the molecule is CCOC(=O)c1nn(CCCNC(c2ccccc2)(c2ccccc2)c2ccccc2)c2c1CCc1cn[nH]c1-2. The fraction of sp³-hybridized carbons (Fsp3) is 0.242. The maximum absolute atomic E-state index is 12.8. The molecule has 2 aromatic heterocycles. The number of aryl methyl sites for hydroxylation is 2.